The Morgan fingerprint density at radius 3 is 2.41 bits per heavy atom. The Kier molecular flexibility index (Phi) is 7.98. The van der Waals surface area contributed by atoms with Crippen LogP contribution in [0.15, 0.2) is 70.6 Å². The highest BCUT2D eigenvalue weighted by Crippen LogP contribution is 2.23. The van der Waals surface area contributed by atoms with Crippen molar-refractivity contribution in [2.45, 2.75) is 64.2 Å². The third kappa shape index (κ3) is 6.14. The Labute approximate surface area is 232 Å². The van der Waals surface area contributed by atoms with E-state index in [9.17, 15) is 14.4 Å². The molecule has 1 aliphatic rings. The number of hydrogen-bond acceptors (Lipinski definition) is 5. The van der Waals surface area contributed by atoms with Gasteiger partial charge in [0.25, 0.3) is 11.5 Å². The molecule has 6 nitrogen and oxygen atoms in total. The van der Waals surface area contributed by atoms with Gasteiger partial charge in [0.2, 0.25) is 0 Å². The SMILES string of the molecule is Cc1ccc(Cn2c(SCC(=O)c3cc(C)ccc3C)nc3cc(C(=O)NC4CCCC4)ccc3c2=O)cc1. The van der Waals surface area contributed by atoms with Crippen molar-refractivity contribution in [3.05, 3.63) is 104 Å². The van der Waals surface area contributed by atoms with Crippen LogP contribution in [0.25, 0.3) is 10.9 Å². The first kappa shape index (κ1) is 26.9. The molecule has 0 bridgehead atoms. The summed E-state index contributed by atoms with van der Waals surface area (Å²) >= 11 is 1.26. The Balaban J connectivity index is 1.50. The highest BCUT2D eigenvalue weighted by atomic mass is 32.2. The number of thioether (sulfide) groups is 1. The predicted molar refractivity (Wildman–Crippen MR) is 157 cm³/mol. The Bertz CT molecular complexity index is 1600. The zero-order chi connectivity index (χ0) is 27.5. The summed E-state index contributed by atoms with van der Waals surface area (Å²) in [6.45, 7) is 6.26. The number of carbonyl (C=O) groups is 2. The molecule has 200 valence electrons. The molecule has 7 heteroatoms. The molecule has 4 aromatic rings. The predicted octanol–water partition coefficient (Wildman–Crippen LogP) is 6.02. The van der Waals surface area contributed by atoms with Crippen molar-refractivity contribution in [3.63, 3.8) is 0 Å². The Morgan fingerprint density at radius 2 is 1.67 bits per heavy atom. The largest absolute Gasteiger partial charge is 0.349 e. The number of aryl methyl sites for hydroxylation is 3. The van der Waals surface area contributed by atoms with Gasteiger partial charge in [0.05, 0.1) is 23.2 Å². The summed E-state index contributed by atoms with van der Waals surface area (Å²) in [6, 6.07) is 19.1. The Morgan fingerprint density at radius 1 is 0.949 bits per heavy atom. The lowest BCUT2D eigenvalue weighted by Crippen LogP contribution is -2.32. The zero-order valence-corrected chi connectivity index (χ0v) is 23.4. The van der Waals surface area contributed by atoms with E-state index in [0.717, 1.165) is 47.9 Å². The van der Waals surface area contributed by atoms with Crippen molar-refractivity contribution in [1.29, 1.82) is 0 Å². The molecule has 39 heavy (non-hydrogen) atoms. The van der Waals surface area contributed by atoms with Crippen LogP contribution in [0.2, 0.25) is 0 Å². The van der Waals surface area contributed by atoms with Gasteiger partial charge in [-0.3, -0.25) is 19.0 Å². The van der Waals surface area contributed by atoms with E-state index >= 15 is 0 Å². The monoisotopic (exact) mass is 539 g/mol. The van der Waals surface area contributed by atoms with Gasteiger partial charge < -0.3 is 5.32 Å². The number of Topliss-reactive ketones (excluding diaryl/α,β-unsaturated/α-hetero) is 1. The third-order valence-electron chi connectivity index (χ3n) is 7.36. The summed E-state index contributed by atoms with van der Waals surface area (Å²) in [7, 11) is 0. The summed E-state index contributed by atoms with van der Waals surface area (Å²) in [5, 5.41) is 4.01. The molecule has 1 aliphatic carbocycles. The van der Waals surface area contributed by atoms with Crippen LogP contribution in [0.3, 0.4) is 0 Å². The number of hydrogen-bond donors (Lipinski definition) is 1. The van der Waals surface area contributed by atoms with Crippen LogP contribution >= 0.6 is 11.8 Å². The standard InChI is InChI=1S/C32H33N3O3S/c1-20-9-12-23(13-10-20)18-35-31(38)26-15-14-24(30(37)33-25-6-4-5-7-25)17-28(26)34-32(35)39-19-29(36)27-16-21(2)8-11-22(27)3/h8-17,25H,4-7,18-19H2,1-3H3,(H,33,37). The summed E-state index contributed by atoms with van der Waals surface area (Å²) < 4.78 is 1.63. The second-order valence-corrected chi connectivity index (χ2v) is 11.4. The molecular formula is C32H33N3O3S. The van der Waals surface area contributed by atoms with Crippen molar-refractivity contribution < 1.29 is 9.59 Å². The Hall–Kier alpha value is -3.71. The summed E-state index contributed by atoms with van der Waals surface area (Å²) in [4.78, 5) is 44.6. The number of carbonyl (C=O) groups excluding carboxylic acids is 2. The fourth-order valence-electron chi connectivity index (χ4n) is 5.05. The lowest BCUT2D eigenvalue weighted by Gasteiger charge is -2.15. The molecule has 0 aliphatic heterocycles. The highest BCUT2D eigenvalue weighted by Gasteiger charge is 2.20. The van der Waals surface area contributed by atoms with Crippen molar-refractivity contribution in [3.8, 4) is 0 Å². The van der Waals surface area contributed by atoms with Crippen molar-refractivity contribution in [2.24, 2.45) is 0 Å². The molecule has 1 aromatic heterocycles. The molecule has 1 amide bonds. The van der Waals surface area contributed by atoms with E-state index < -0.39 is 0 Å². The molecule has 1 saturated carbocycles. The lowest BCUT2D eigenvalue weighted by atomic mass is 10.0. The van der Waals surface area contributed by atoms with Gasteiger partial charge in [-0.2, -0.15) is 0 Å². The van der Waals surface area contributed by atoms with Gasteiger partial charge in [0, 0.05) is 17.2 Å². The second kappa shape index (κ2) is 11.6. The first-order chi connectivity index (χ1) is 18.8. The second-order valence-electron chi connectivity index (χ2n) is 10.5. The molecule has 0 radical (unpaired) electrons. The molecule has 0 atom stereocenters. The van der Waals surface area contributed by atoms with Crippen molar-refractivity contribution in [2.75, 3.05) is 5.75 Å². The number of benzene rings is 3. The fourth-order valence-corrected chi connectivity index (χ4v) is 5.93. The first-order valence-corrected chi connectivity index (χ1v) is 14.4. The van der Waals surface area contributed by atoms with Crippen LogP contribution in [0, 0.1) is 20.8 Å². The minimum atomic E-state index is -0.190. The molecule has 5 rings (SSSR count). The minimum absolute atomic E-state index is 0.0119. The van der Waals surface area contributed by atoms with Crippen LogP contribution < -0.4 is 10.9 Å². The van der Waals surface area contributed by atoms with Gasteiger partial charge >= 0.3 is 0 Å². The molecule has 3 aromatic carbocycles. The summed E-state index contributed by atoms with van der Waals surface area (Å²) in [5.41, 5.74) is 5.50. The maximum atomic E-state index is 13.7. The zero-order valence-electron chi connectivity index (χ0n) is 22.6. The van der Waals surface area contributed by atoms with E-state index in [2.05, 4.69) is 5.32 Å². The van der Waals surface area contributed by atoms with Crippen LogP contribution in [0.1, 0.15) is 68.7 Å². The maximum absolute atomic E-state index is 13.7. The minimum Gasteiger partial charge on any atom is -0.349 e. The number of amides is 1. The number of aromatic nitrogens is 2. The van der Waals surface area contributed by atoms with Crippen molar-refractivity contribution >= 4 is 34.4 Å². The summed E-state index contributed by atoms with van der Waals surface area (Å²) in [5.74, 6) is -0.00582. The summed E-state index contributed by atoms with van der Waals surface area (Å²) in [6.07, 6.45) is 4.26. The molecule has 1 fully saturated rings. The first-order valence-electron chi connectivity index (χ1n) is 13.4. The number of rotatable bonds is 8. The number of fused-ring (bicyclic) bond motifs is 1. The maximum Gasteiger partial charge on any atom is 0.262 e. The average Bonchev–Trinajstić information content (AvgIpc) is 3.44. The van der Waals surface area contributed by atoms with Crippen LogP contribution in [0.5, 0.6) is 0 Å². The number of nitrogens with zero attached hydrogens (tertiary/aromatic N) is 2. The van der Waals surface area contributed by atoms with Crippen LogP contribution in [-0.2, 0) is 6.54 Å². The average molecular weight is 540 g/mol. The molecule has 0 unspecified atom stereocenters. The van der Waals surface area contributed by atoms with E-state index in [0.29, 0.717) is 33.7 Å². The van der Waals surface area contributed by atoms with Crippen LogP contribution in [0.4, 0.5) is 0 Å². The van der Waals surface area contributed by atoms with Crippen molar-refractivity contribution in [1.82, 2.24) is 14.9 Å². The van der Waals surface area contributed by atoms with Crippen LogP contribution in [-0.4, -0.2) is 33.0 Å². The normalized spacial score (nSPS) is 13.6. The van der Waals surface area contributed by atoms with Gasteiger partial charge in [0.15, 0.2) is 10.9 Å². The van der Waals surface area contributed by atoms with E-state index in [1.165, 1.54) is 11.8 Å². The van der Waals surface area contributed by atoms with Gasteiger partial charge in [0.1, 0.15) is 0 Å². The van der Waals surface area contributed by atoms with E-state index in [1.54, 1.807) is 22.8 Å². The van der Waals surface area contributed by atoms with Gasteiger partial charge in [-0.25, -0.2) is 4.98 Å². The number of nitrogens with one attached hydrogen (secondary N) is 1. The topological polar surface area (TPSA) is 81.1 Å². The quantitative estimate of drug-likeness (QED) is 0.168. The van der Waals surface area contributed by atoms with Gasteiger partial charge in [-0.15, -0.1) is 0 Å². The molecular weight excluding hydrogens is 506 g/mol. The van der Waals surface area contributed by atoms with Gasteiger partial charge in [-0.1, -0.05) is 72.1 Å². The smallest absolute Gasteiger partial charge is 0.262 e. The fraction of sp³-hybridized carbons (Fsp3) is 0.312. The molecule has 0 saturated heterocycles. The highest BCUT2D eigenvalue weighted by molar-refractivity contribution is 7.99. The van der Waals surface area contributed by atoms with E-state index in [4.69, 9.17) is 4.98 Å². The van der Waals surface area contributed by atoms with Gasteiger partial charge in [-0.05, 0) is 69.0 Å². The molecule has 1 N–H and O–H groups in total. The number of ketones is 1. The van der Waals surface area contributed by atoms with E-state index in [-0.39, 0.29) is 29.0 Å². The third-order valence-corrected chi connectivity index (χ3v) is 8.34. The molecule has 1 heterocycles. The molecule has 0 spiro atoms. The lowest BCUT2D eigenvalue weighted by molar-refractivity contribution is 0.0937. The van der Waals surface area contributed by atoms with E-state index in [1.807, 2.05) is 63.2 Å².